The summed E-state index contributed by atoms with van der Waals surface area (Å²) in [5, 5.41) is 7.09. The zero-order valence-corrected chi connectivity index (χ0v) is 12.2. The molecule has 0 aliphatic carbocycles. The molecule has 4 rings (SSSR count). The summed E-state index contributed by atoms with van der Waals surface area (Å²) in [7, 11) is 0. The van der Waals surface area contributed by atoms with Gasteiger partial charge in [0.25, 0.3) is 0 Å². The first kappa shape index (κ1) is 13.6. The molecule has 4 aromatic rings. The van der Waals surface area contributed by atoms with Crippen molar-refractivity contribution in [3.05, 3.63) is 66.0 Å². The molecule has 0 bridgehead atoms. The molecule has 0 saturated carbocycles. The van der Waals surface area contributed by atoms with Crippen LogP contribution in [0, 0.1) is 18.6 Å². The summed E-state index contributed by atoms with van der Waals surface area (Å²) in [6.45, 7) is 1.90. The van der Waals surface area contributed by atoms with Crippen LogP contribution in [0.2, 0.25) is 0 Å². The second-order valence-corrected chi connectivity index (χ2v) is 5.30. The van der Waals surface area contributed by atoms with Gasteiger partial charge < -0.3 is 0 Å². The molecule has 114 valence electrons. The predicted octanol–water partition coefficient (Wildman–Crippen LogP) is 3.98. The maximum Gasteiger partial charge on any atom is 0.165 e. The number of aromatic nitrogens is 4. The van der Waals surface area contributed by atoms with Gasteiger partial charge in [-0.25, -0.2) is 13.8 Å². The molecule has 0 aliphatic heterocycles. The van der Waals surface area contributed by atoms with E-state index in [1.54, 1.807) is 0 Å². The molecule has 23 heavy (non-hydrogen) atoms. The average molecular weight is 310 g/mol. The Balaban J connectivity index is 2.01. The van der Waals surface area contributed by atoms with E-state index in [2.05, 4.69) is 15.2 Å². The van der Waals surface area contributed by atoms with Crippen LogP contribution in [0.4, 0.5) is 8.78 Å². The molecule has 0 unspecified atom stereocenters. The number of nitrogens with one attached hydrogen (secondary N) is 1. The molecule has 1 N–H and O–H groups in total. The van der Waals surface area contributed by atoms with Crippen molar-refractivity contribution in [2.24, 2.45) is 0 Å². The SMILES string of the molecule is Cc1cc(-c2nc(-c3ccc(F)cc3F)c3ccccn23)n[nH]1. The number of rotatable bonds is 2. The highest BCUT2D eigenvalue weighted by Gasteiger charge is 2.18. The highest BCUT2D eigenvalue weighted by molar-refractivity contribution is 5.81. The van der Waals surface area contributed by atoms with Crippen LogP contribution in [0.25, 0.3) is 28.3 Å². The van der Waals surface area contributed by atoms with Crippen molar-refractivity contribution in [2.75, 3.05) is 0 Å². The van der Waals surface area contributed by atoms with E-state index in [-0.39, 0.29) is 5.56 Å². The number of pyridine rings is 1. The summed E-state index contributed by atoms with van der Waals surface area (Å²) >= 11 is 0. The largest absolute Gasteiger partial charge is 0.298 e. The third kappa shape index (κ3) is 2.19. The first-order valence-corrected chi connectivity index (χ1v) is 7.08. The number of aryl methyl sites for hydroxylation is 1. The minimum atomic E-state index is -0.640. The van der Waals surface area contributed by atoms with Crippen LogP contribution in [0.15, 0.2) is 48.7 Å². The Morgan fingerprint density at radius 2 is 1.96 bits per heavy atom. The van der Waals surface area contributed by atoms with E-state index in [0.717, 1.165) is 17.3 Å². The van der Waals surface area contributed by atoms with Crippen LogP contribution in [0.1, 0.15) is 5.69 Å². The van der Waals surface area contributed by atoms with Crippen molar-refractivity contribution >= 4 is 5.52 Å². The second-order valence-electron chi connectivity index (χ2n) is 5.30. The molecule has 0 aliphatic rings. The van der Waals surface area contributed by atoms with Crippen molar-refractivity contribution in [1.82, 2.24) is 19.6 Å². The number of aromatic amines is 1. The fraction of sp³-hybridized carbons (Fsp3) is 0.0588. The molecule has 0 fully saturated rings. The van der Waals surface area contributed by atoms with Crippen molar-refractivity contribution < 1.29 is 8.78 Å². The lowest BCUT2D eigenvalue weighted by Crippen LogP contribution is -1.88. The number of benzene rings is 1. The molecular formula is C17H12F2N4. The van der Waals surface area contributed by atoms with Gasteiger partial charge in [-0.05, 0) is 37.3 Å². The number of fused-ring (bicyclic) bond motifs is 1. The molecule has 6 heteroatoms. The van der Waals surface area contributed by atoms with Gasteiger partial charge in [0.1, 0.15) is 17.3 Å². The van der Waals surface area contributed by atoms with Crippen LogP contribution in [0.5, 0.6) is 0 Å². The Morgan fingerprint density at radius 3 is 2.70 bits per heavy atom. The van der Waals surface area contributed by atoms with E-state index in [1.807, 2.05) is 41.8 Å². The molecule has 0 saturated heterocycles. The van der Waals surface area contributed by atoms with E-state index in [4.69, 9.17) is 0 Å². The van der Waals surface area contributed by atoms with Gasteiger partial charge in [-0.2, -0.15) is 5.10 Å². The number of nitrogens with zero attached hydrogens (tertiary/aromatic N) is 3. The number of hydrogen-bond acceptors (Lipinski definition) is 2. The third-order valence-corrected chi connectivity index (χ3v) is 3.67. The van der Waals surface area contributed by atoms with Crippen molar-refractivity contribution in [1.29, 1.82) is 0 Å². The standard InChI is InChI=1S/C17H12F2N4/c1-10-8-14(22-21-10)17-20-16(15-4-2-3-7-23(15)17)12-6-5-11(18)9-13(12)19/h2-9H,1H3,(H,21,22). The van der Waals surface area contributed by atoms with Crippen LogP contribution in [0.3, 0.4) is 0 Å². The number of imidazole rings is 1. The van der Waals surface area contributed by atoms with Crippen LogP contribution < -0.4 is 0 Å². The molecule has 0 atom stereocenters. The van der Waals surface area contributed by atoms with Crippen molar-refractivity contribution in [3.63, 3.8) is 0 Å². The van der Waals surface area contributed by atoms with Gasteiger partial charge in [0, 0.05) is 23.5 Å². The Kier molecular flexibility index (Phi) is 2.97. The fourth-order valence-corrected chi connectivity index (χ4v) is 2.63. The highest BCUT2D eigenvalue weighted by atomic mass is 19.1. The monoisotopic (exact) mass is 310 g/mol. The van der Waals surface area contributed by atoms with Gasteiger partial charge in [-0.3, -0.25) is 9.50 Å². The normalized spacial score (nSPS) is 11.3. The minimum Gasteiger partial charge on any atom is -0.298 e. The maximum atomic E-state index is 14.2. The van der Waals surface area contributed by atoms with E-state index in [9.17, 15) is 8.78 Å². The minimum absolute atomic E-state index is 0.258. The Hall–Kier alpha value is -3.02. The Bertz CT molecular complexity index is 1020. The summed E-state index contributed by atoms with van der Waals surface area (Å²) in [5.41, 5.74) is 3.01. The summed E-state index contributed by atoms with van der Waals surface area (Å²) in [6, 6.07) is 10.9. The third-order valence-electron chi connectivity index (χ3n) is 3.67. The first-order chi connectivity index (χ1) is 11.1. The average Bonchev–Trinajstić information content (AvgIpc) is 3.11. The van der Waals surface area contributed by atoms with Gasteiger partial charge >= 0.3 is 0 Å². The van der Waals surface area contributed by atoms with Gasteiger partial charge in [-0.15, -0.1) is 0 Å². The highest BCUT2D eigenvalue weighted by Crippen LogP contribution is 2.30. The zero-order chi connectivity index (χ0) is 16.0. The molecule has 0 amide bonds. The number of halogens is 2. The van der Waals surface area contributed by atoms with E-state index in [0.29, 0.717) is 17.2 Å². The zero-order valence-electron chi connectivity index (χ0n) is 12.2. The van der Waals surface area contributed by atoms with Crippen LogP contribution in [-0.2, 0) is 0 Å². The predicted molar refractivity (Wildman–Crippen MR) is 82.9 cm³/mol. The van der Waals surface area contributed by atoms with Crippen molar-refractivity contribution in [2.45, 2.75) is 6.92 Å². The van der Waals surface area contributed by atoms with E-state index < -0.39 is 11.6 Å². The molecular weight excluding hydrogens is 298 g/mol. The second kappa shape index (κ2) is 5.01. The molecule has 1 aromatic carbocycles. The lowest BCUT2D eigenvalue weighted by molar-refractivity contribution is 0.585. The summed E-state index contributed by atoms with van der Waals surface area (Å²) < 4.78 is 29.2. The van der Waals surface area contributed by atoms with Gasteiger partial charge in [0.05, 0.1) is 11.2 Å². The van der Waals surface area contributed by atoms with Gasteiger partial charge in [0.2, 0.25) is 0 Å². The molecule has 3 heterocycles. The smallest absolute Gasteiger partial charge is 0.165 e. The lowest BCUT2D eigenvalue weighted by Gasteiger charge is -2.01. The Labute approximate surface area is 130 Å². The summed E-state index contributed by atoms with van der Waals surface area (Å²) in [5.74, 6) is -0.653. The molecule has 0 radical (unpaired) electrons. The number of H-pyrrole nitrogens is 1. The van der Waals surface area contributed by atoms with Crippen LogP contribution in [-0.4, -0.2) is 19.6 Å². The van der Waals surface area contributed by atoms with Crippen molar-refractivity contribution in [3.8, 4) is 22.8 Å². The molecule has 0 spiro atoms. The fourth-order valence-electron chi connectivity index (χ4n) is 2.63. The van der Waals surface area contributed by atoms with E-state index in [1.165, 1.54) is 12.1 Å². The van der Waals surface area contributed by atoms with Gasteiger partial charge in [-0.1, -0.05) is 6.07 Å². The quantitative estimate of drug-likeness (QED) is 0.609. The number of hydrogen-bond donors (Lipinski definition) is 1. The molecule has 4 nitrogen and oxygen atoms in total. The van der Waals surface area contributed by atoms with Crippen LogP contribution >= 0.6 is 0 Å². The maximum absolute atomic E-state index is 14.2. The topological polar surface area (TPSA) is 46.0 Å². The van der Waals surface area contributed by atoms with E-state index >= 15 is 0 Å². The van der Waals surface area contributed by atoms with Gasteiger partial charge in [0.15, 0.2) is 5.82 Å². The summed E-state index contributed by atoms with van der Waals surface area (Å²) in [6.07, 6.45) is 1.84. The lowest BCUT2D eigenvalue weighted by atomic mass is 10.1. The first-order valence-electron chi connectivity index (χ1n) is 7.08. The molecule has 3 aromatic heterocycles. The summed E-state index contributed by atoms with van der Waals surface area (Å²) in [4.78, 5) is 4.55. The Morgan fingerprint density at radius 1 is 1.09 bits per heavy atom.